The summed E-state index contributed by atoms with van der Waals surface area (Å²) in [7, 11) is 3.18. The highest BCUT2D eigenvalue weighted by molar-refractivity contribution is 6.31. The van der Waals surface area contributed by atoms with Crippen LogP contribution in [0.5, 0.6) is 11.5 Å². The lowest BCUT2D eigenvalue weighted by Gasteiger charge is -2.17. The van der Waals surface area contributed by atoms with E-state index in [1.165, 1.54) is 0 Å². The van der Waals surface area contributed by atoms with Crippen molar-refractivity contribution in [1.82, 2.24) is 0 Å². The Morgan fingerprint density at radius 1 is 0.594 bits per heavy atom. The van der Waals surface area contributed by atoms with Crippen LogP contribution in [0.2, 0.25) is 10.0 Å². The average Bonchev–Trinajstić information content (AvgIpc) is 2.83. The highest BCUT2D eigenvalue weighted by atomic mass is 35.5. The molecule has 0 bridgehead atoms. The van der Waals surface area contributed by atoms with Crippen molar-refractivity contribution in [1.29, 1.82) is 0 Å². The molecule has 0 radical (unpaired) electrons. The van der Waals surface area contributed by atoms with E-state index in [0.717, 1.165) is 11.1 Å². The molecular formula is C27H20Cl2O3. The molecule has 0 aliphatic heterocycles. The molecule has 5 heteroatoms. The Balaban J connectivity index is 1.93. The lowest BCUT2D eigenvalue weighted by Crippen LogP contribution is -2.07. The lowest BCUT2D eigenvalue weighted by molar-refractivity contribution is 0.103. The van der Waals surface area contributed by atoms with Crippen LogP contribution in [-0.4, -0.2) is 20.0 Å². The third-order valence-corrected chi connectivity index (χ3v) is 5.75. The molecule has 32 heavy (non-hydrogen) atoms. The lowest BCUT2D eigenvalue weighted by atomic mass is 9.89. The molecular weight excluding hydrogens is 443 g/mol. The first-order valence-electron chi connectivity index (χ1n) is 9.94. The second kappa shape index (κ2) is 9.47. The summed E-state index contributed by atoms with van der Waals surface area (Å²) in [6.07, 6.45) is 0. The highest BCUT2D eigenvalue weighted by Gasteiger charge is 2.23. The largest absolute Gasteiger partial charge is 0.496 e. The Morgan fingerprint density at radius 3 is 1.31 bits per heavy atom. The standard InChI is InChI=1S/C27H20Cl2O3/c1-31-23-7-3-5-21(25(23)17-9-13-19(28)14-10-17)27(30)22-6-4-8-24(32-2)26(22)18-11-15-20(29)16-12-18/h3-16H,1-2H3. The number of carbonyl (C=O) groups is 1. The number of hydrogen-bond donors (Lipinski definition) is 0. The molecule has 0 unspecified atom stereocenters. The van der Waals surface area contributed by atoms with Crippen LogP contribution in [0.25, 0.3) is 22.3 Å². The monoisotopic (exact) mass is 462 g/mol. The van der Waals surface area contributed by atoms with Crippen LogP contribution >= 0.6 is 23.2 Å². The van der Waals surface area contributed by atoms with Gasteiger partial charge in [0, 0.05) is 32.3 Å². The first kappa shape index (κ1) is 21.9. The summed E-state index contributed by atoms with van der Waals surface area (Å²) in [4.78, 5) is 13.9. The fourth-order valence-electron chi connectivity index (χ4n) is 3.75. The average molecular weight is 463 g/mol. The number of benzene rings is 4. The van der Waals surface area contributed by atoms with E-state index in [1.807, 2.05) is 48.5 Å². The third-order valence-electron chi connectivity index (χ3n) is 5.25. The van der Waals surface area contributed by atoms with Crippen molar-refractivity contribution in [2.75, 3.05) is 14.2 Å². The van der Waals surface area contributed by atoms with Crippen LogP contribution in [-0.2, 0) is 0 Å². The van der Waals surface area contributed by atoms with Crippen LogP contribution in [0.1, 0.15) is 15.9 Å². The molecule has 0 saturated carbocycles. The molecule has 0 atom stereocenters. The van der Waals surface area contributed by atoms with E-state index in [0.29, 0.717) is 43.8 Å². The number of carbonyl (C=O) groups excluding carboxylic acids is 1. The maximum absolute atomic E-state index is 13.9. The van der Waals surface area contributed by atoms with E-state index in [4.69, 9.17) is 32.7 Å². The minimum atomic E-state index is -0.141. The first-order chi connectivity index (χ1) is 15.5. The number of ketones is 1. The van der Waals surface area contributed by atoms with Crippen LogP contribution in [0.15, 0.2) is 84.9 Å². The number of ether oxygens (including phenoxy) is 2. The van der Waals surface area contributed by atoms with E-state index in [-0.39, 0.29) is 5.78 Å². The van der Waals surface area contributed by atoms with Gasteiger partial charge in [-0.15, -0.1) is 0 Å². The van der Waals surface area contributed by atoms with Crippen LogP contribution < -0.4 is 9.47 Å². The molecule has 0 heterocycles. The maximum atomic E-state index is 13.9. The molecule has 4 rings (SSSR count). The fraction of sp³-hybridized carbons (Fsp3) is 0.0741. The molecule has 0 aromatic heterocycles. The van der Waals surface area contributed by atoms with Gasteiger partial charge in [0.25, 0.3) is 0 Å². The smallest absolute Gasteiger partial charge is 0.194 e. The molecule has 3 nitrogen and oxygen atoms in total. The molecule has 160 valence electrons. The van der Waals surface area contributed by atoms with Crippen LogP contribution in [0.3, 0.4) is 0 Å². The van der Waals surface area contributed by atoms with Gasteiger partial charge in [0.15, 0.2) is 5.78 Å². The molecule has 0 aliphatic carbocycles. The molecule has 0 amide bonds. The van der Waals surface area contributed by atoms with Crippen molar-refractivity contribution < 1.29 is 14.3 Å². The normalized spacial score (nSPS) is 10.6. The van der Waals surface area contributed by atoms with E-state index in [1.54, 1.807) is 50.6 Å². The van der Waals surface area contributed by atoms with Gasteiger partial charge in [0.1, 0.15) is 11.5 Å². The van der Waals surface area contributed by atoms with Crippen molar-refractivity contribution in [3.8, 4) is 33.8 Å². The predicted molar refractivity (Wildman–Crippen MR) is 130 cm³/mol. The Morgan fingerprint density at radius 2 is 0.969 bits per heavy atom. The van der Waals surface area contributed by atoms with Gasteiger partial charge in [-0.05, 0) is 47.5 Å². The summed E-state index contributed by atoms with van der Waals surface area (Å²) in [5.41, 5.74) is 4.14. The Kier molecular flexibility index (Phi) is 6.50. The Bertz CT molecular complexity index is 1160. The second-order valence-corrected chi connectivity index (χ2v) is 7.98. The molecule has 0 saturated heterocycles. The summed E-state index contributed by atoms with van der Waals surface area (Å²) >= 11 is 12.2. The van der Waals surface area contributed by atoms with Gasteiger partial charge in [-0.25, -0.2) is 0 Å². The quantitative estimate of drug-likeness (QED) is 0.277. The van der Waals surface area contributed by atoms with E-state index in [9.17, 15) is 4.79 Å². The van der Waals surface area contributed by atoms with Crippen molar-refractivity contribution in [2.24, 2.45) is 0 Å². The van der Waals surface area contributed by atoms with Gasteiger partial charge in [0.05, 0.1) is 14.2 Å². The van der Waals surface area contributed by atoms with Crippen LogP contribution in [0.4, 0.5) is 0 Å². The summed E-state index contributed by atoms with van der Waals surface area (Å²) in [6.45, 7) is 0. The second-order valence-electron chi connectivity index (χ2n) is 7.11. The van der Waals surface area contributed by atoms with Gasteiger partial charge in [-0.2, -0.15) is 0 Å². The molecule has 0 fully saturated rings. The van der Waals surface area contributed by atoms with E-state index < -0.39 is 0 Å². The first-order valence-corrected chi connectivity index (χ1v) is 10.7. The molecule has 0 N–H and O–H groups in total. The Hall–Kier alpha value is -3.27. The predicted octanol–water partition coefficient (Wildman–Crippen LogP) is 7.58. The molecule has 4 aromatic carbocycles. The van der Waals surface area contributed by atoms with Crippen molar-refractivity contribution in [3.63, 3.8) is 0 Å². The number of methoxy groups -OCH3 is 2. The van der Waals surface area contributed by atoms with E-state index >= 15 is 0 Å². The van der Waals surface area contributed by atoms with Crippen LogP contribution in [0, 0.1) is 0 Å². The third kappa shape index (κ3) is 4.22. The van der Waals surface area contributed by atoms with Gasteiger partial charge in [-0.3, -0.25) is 4.79 Å². The topological polar surface area (TPSA) is 35.5 Å². The summed E-state index contributed by atoms with van der Waals surface area (Å²) in [5.74, 6) is 1.07. The minimum absolute atomic E-state index is 0.141. The zero-order chi connectivity index (χ0) is 22.7. The molecule has 0 aliphatic rings. The Labute approximate surface area is 197 Å². The van der Waals surface area contributed by atoms with Gasteiger partial charge < -0.3 is 9.47 Å². The number of rotatable bonds is 6. The number of halogens is 2. The molecule has 0 spiro atoms. The SMILES string of the molecule is COc1cccc(C(=O)c2cccc(OC)c2-c2ccc(Cl)cc2)c1-c1ccc(Cl)cc1. The summed E-state index contributed by atoms with van der Waals surface area (Å²) in [6, 6.07) is 25.6. The summed E-state index contributed by atoms with van der Waals surface area (Å²) < 4.78 is 11.2. The van der Waals surface area contributed by atoms with Gasteiger partial charge in [-0.1, -0.05) is 71.7 Å². The zero-order valence-corrected chi connectivity index (χ0v) is 19.1. The minimum Gasteiger partial charge on any atom is -0.496 e. The maximum Gasteiger partial charge on any atom is 0.194 e. The fourth-order valence-corrected chi connectivity index (χ4v) is 4.01. The highest BCUT2D eigenvalue weighted by Crippen LogP contribution is 2.39. The van der Waals surface area contributed by atoms with Crippen molar-refractivity contribution in [2.45, 2.75) is 0 Å². The zero-order valence-electron chi connectivity index (χ0n) is 17.6. The van der Waals surface area contributed by atoms with Gasteiger partial charge >= 0.3 is 0 Å². The van der Waals surface area contributed by atoms with E-state index in [2.05, 4.69) is 0 Å². The van der Waals surface area contributed by atoms with Crippen molar-refractivity contribution >= 4 is 29.0 Å². The van der Waals surface area contributed by atoms with Gasteiger partial charge in [0.2, 0.25) is 0 Å². The van der Waals surface area contributed by atoms with Crippen molar-refractivity contribution in [3.05, 3.63) is 106 Å². The molecule has 4 aromatic rings. The summed E-state index contributed by atoms with van der Waals surface area (Å²) in [5, 5.41) is 1.24. The number of hydrogen-bond acceptors (Lipinski definition) is 3.